The predicted octanol–water partition coefficient (Wildman–Crippen LogP) is 1.79. The second kappa shape index (κ2) is 4.13. The number of hydrogen-bond donors (Lipinski definition) is 2. The van der Waals surface area contributed by atoms with Crippen molar-refractivity contribution in [1.82, 2.24) is 0 Å². The summed E-state index contributed by atoms with van der Waals surface area (Å²) in [6.45, 7) is 3.99. The lowest BCUT2D eigenvalue weighted by molar-refractivity contribution is 0.411. The summed E-state index contributed by atoms with van der Waals surface area (Å²) in [5.41, 5.74) is 8.65. The fourth-order valence-electron chi connectivity index (χ4n) is 1.47. The summed E-state index contributed by atoms with van der Waals surface area (Å²) in [6, 6.07) is 4.00. The first-order valence-electron chi connectivity index (χ1n) is 4.51. The highest BCUT2D eigenvalue weighted by Crippen LogP contribution is 2.22. The van der Waals surface area contributed by atoms with Crippen molar-refractivity contribution >= 4 is 5.84 Å². The lowest BCUT2D eigenvalue weighted by Gasteiger charge is -2.10. The molecular weight excluding hydrogens is 176 g/mol. The van der Waals surface area contributed by atoms with E-state index in [-0.39, 0.29) is 5.84 Å². The van der Waals surface area contributed by atoms with Crippen molar-refractivity contribution in [2.75, 3.05) is 7.11 Å². The van der Waals surface area contributed by atoms with Gasteiger partial charge < -0.3 is 10.5 Å². The molecule has 0 aliphatic heterocycles. The van der Waals surface area contributed by atoms with Gasteiger partial charge in [-0.15, -0.1) is 0 Å². The summed E-state index contributed by atoms with van der Waals surface area (Å²) in [7, 11) is 1.66. The Balaban J connectivity index is 3.08. The predicted molar refractivity (Wildman–Crippen MR) is 58.1 cm³/mol. The van der Waals surface area contributed by atoms with E-state index in [2.05, 4.69) is 0 Å². The molecule has 3 N–H and O–H groups in total. The van der Waals surface area contributed by atoms with Crippen LogP contribution in [0.1, 0.15) is 16.7 Å². The van der Waals surface area contributed by atoms with E-state index in [0.717, 1.165) is 22.4 Å². The molecule has 0 atom stereocenters. The molecule has 0 amide bonds. The Bertz CT molecular complexity index is 359. The molecule has 0 radical (unpaired) electrons. The van der Waals surface area contributed by atoms with Crippen LogP contribution in [0.25, 0.3) is 0 Å². The molecule has 0 aliphatic rings. The molecular formula is C11H16N2O. The Morgan fingerprint density at radius 3 is 2.50 bits per heavy atom. The fraction of sp³-hybridized carbons (Fsp3) is 0.364. The van der Waals surface area contributed by atoms with Crippen LogP contribution in [0.5, 0.6) is 5.75 Å². The summed E-state index contributed by atoms with van der Waals surface area (Å²) in [5.74, 6) is 1.08. The van der Waals surface area contributed by atoms with Crippen LogP contribution in [0, 0.1) is 19.3 Å². The van der Waals surface area contributed by atoms with Crippen molar-refractivity contribution in [2.24, 2.45) is 5.73 Å². The molecule has 76 valence electrons. The van der Waals surface area contributed by atoms with Crippen LogP contribution in [0.2, 0.25) is 0 Å². The van der Waals surface area contributed by atoms with E-state index >= 15 is 0 Å². The topological polar surface area (TPSA) is 59.1 Å². The van der Waals surface area contributed by atoms with Crippen LogP contribution in [-0.2, 0) is 6.42 Å². The van der Waals surface area contributed by atoms with Crippen molar-refractivity contribution in [3.05, 3.63) is 28.8 Å². The van der Waals surface area contributed by atoms with Crippen LogP contribution < -0.4 is 10.5 Å². The monoisotopic (exact) mass is 192 g/mol. The molecule has 0 fully saturated rings. The number of aryl methyl sites for hydroxylation is 2. The third-order valence-corrected chi connectivity index (χ3v) is 2.23. The second-order valence-electron chi connectivity index (χ2n) is 3.45. The Morgan fingerprint density at radius 1 is 1.36 bits per heavy atom. The minimum Gasteiger partial charge on any atom is -0.496 e. The number of benzene rings is 1. The number of rotatable bonds is 3. The van der Waals surface area contributed by atoms with Gasteiger partial charge in [-0.1, -0.05) is 6.07 Å². The molecule has 0 heterocycles. The molecule has 1 aromatic carbocycles. The molecule has 14 heavy (non-hydrogen) atoms. The van der Waals surface area contributed by atoms with Crippen molar-refractivity contribution in [3.63, 3.8) is 0 Å². The normalized spacial score (nSPS) is 9.93. The van der Waals surface area contributed by atoms with E-state index in [9.17, 15) is 0 Å². The highest BCUT2D eigenvalue weighted by molar-refractivity contribution is 5.80. The summed E-state index contributed by atoms with van der Waals surface area (Å²) in [5, 5.41) is 7.24. The van der Waals surface area contributed by atoms with E-state index in [0.29, 0.717) is 6.42 Å². The quantitative estimate of drug-likeness (QED) is 0.566. The molecule has 0 bridgehead atoms. The number of ether oxygens (including phenoxy) is 1. The summed E-state index contributed by atoms with van der Waals surface area (Å²) in [6.07, 6.45) is 0.511. The zero-order valence-electron chi connectivity index (χ0n) is 8.85. The van der Waals surface area contributed by atoms with E-state index in [4.69, 9.17) is 15.9 Å². The third-order valence-electron chi connectivity index (χ3n) is 2.23. The number of nitrogens with one attached hydrogen (secondary N) is 1. The maximum atomic E-state index is 7.24. The minimum atomic E-state index is 0.192. The van der Waals surface area contributed by atoms with Crippen molar-refractivity contribution in [3.8, 4) is 5.75 Å². The van der Waals surface area contributed by atoms with Gasteiger partial charge in [-0.2, -0.15) is 0 Å². The van der Waals surface area contributed by atoms with Crippen LogP contribution in [0.3, 0.4) is 0 Å². The lowest BCUT2D eigenvalue weighted by atomic mass is 10.0. The third kappa shape index (κ3) is 2.25. The van der Waals surface area contributed by atoms with Gasteiger partial charge >= 0.3 is 0 Å². The average molecular weight is 192 g/mol. The number of nitrogens with two attached hydrogens (primary N) is 1. The molecule has 0 saturated carbocycles. The molecule has 0 saturated heterocycles. The van der Waals surface area contributed by atoms with E-state index < -0.39 is 0 Å². The zero-order chi connectivity index (χ0) is 10.7. The zero-order valence-corrected chi connectivity index (χ0v) is 8.85. The Hall–Kier alpha value is -1.51. The van der Waals surface area contributed by atoms with Crippen LogP contribution in [0.15, 0.2) is 12.1 Å². The molecule has 1 rings (SSSR count). The maximum Gasteiger partial charge on any atom is 0.122 e. The fourth-order valence-corrected chi connectivity index (χ4v) is 1.47. The Labute approximate surface area is 84.4 Å². The Morgan fingerprint density at radius 2 is 2.00 bits per heavy atom. The SMILES string of the molecule is COc1cc(C)c(CC(=N)N)cc1C. The summed E-state index contributed by atoms with van der Waals surface area (Å²) >= 11 is 0. The molecule has 0 unspecified atom stereocenters. The summed E-state index contributed by atoms with van der Waals surface area (Å²) in [4.78, 5) is 0. The number of methoxy groups -OCH3 is 1. The van der Waals surface area contributed by atoms with Gasteiger partial charge in [0.05, 0.1) is 12.9 Å². The van der Waals surface area contributed by atoms with E-state index in [1.54, 1.807) is 7.11 Å². The number of amidine groups is 1. The van der Waals surface area contributed by atoms with Gasteiger partial charge in [0.1, 0.15) is 5.75 Å². The van der Waals surface area contributed by atoms with Gasteiger partial charge in [-0.05, 0) is 36.6 Å². The van der Waals surface area contributed by atoms with Crippen molar-refractivity contribution in [1.29, 1.82) is 5.41 Å². The first kappa shape index (κ1) is 10.6. The van der Waals surface area contributed by atoms with Crippen molar-refractivity contribution < 1.29 is 4.74 Å². The lowest BCUT2D eigenvalue weighted by Crippen LogP contribution is -2.13. The molecule has 3 nitrogen and oxygen atoms in total. The average Bonchev–Trinajstić information content (AvgIpc) is 2.10. The van der Waals surface area contributed by atoms with Gasteiger partial charge in [0.2, 0.25) is 0 Å². The van der Waals surface area contributed by atoms with Gasteiger partial charge in [-0.25, -0.2) is 0 Å². The van der Waals surface area contributed by atoms with Gasteiger partial charge in [-0.3, -0.25) is 5.41 Å². The van der Waals surface area contributed by atoms with E-state index in [1.807, 2.05) is 26.0 Å². The van der Waals surface area contributed by atoms with Gasteiger partial charge in [0.25, 0.3) is 0 Å². The first-order chi connectivity index (χ1) is 6.54. The maximum absolute atomic E-state index is 7.24. The van der Waals surface area contributed by atoms with Gasteiger partial charge in [0.15, 0.2) is 0 Å². The second-order valence-corrected chi connectivity index (χ2v) is 3.45. The van der Waals surface area contributed by atoms with Crippen LogP contribution in [-0.4, -0.2) is 12.9 Å². The number of hydrogen-bond acceptors (Lipinski definition) is 2. The molecule has 1 aromatic rings. The Kier molecular flexibility index (Phi) is 3.12. The standard InChI is InChI=1S/C11H16N2O/c1-7-5-10(14-3)8(2)4-9(7)6-11(12)13/h4-5H,6H2,1-3H3,(H3,12,13). The minimum absolute atomic E-state index is 0.192. The molecule has 0 spiro atoms. The summed E-state index contributed by atoms with van der Waals surface area (Å²) < 4.78 is 5.20. The molecule has 3 heteroatoms. The van der Waals surface area contributed by atoms with Gasteiger partial charge in [0, 0.05) is 6.42 Å². The van der Waals surface area contributed by atoms with Crippen LogP contribution in [0.4, 0.5) is 0 Å². The van der Waals surface area contributed by atoms with Crippen LogP contribution >= 0.6 is 0 Å². The largest absolute Gasteiger partial charge is 0.496 e. The van der Waals surface area contributed by atoms with E-state index in [1.165, 1.54) is 0 Å². The van der Waals surface area contributed by atoms with Crippen molar-refractivity contribution in [2.45, 2.75) is 20.3 Å². The highest BCUT2D eigenvalue weighted by Gasteiger charge is 2.05. The smallest absolute Gasteiger partial charge is 0.122 e. The highest BCUT2D eigenvalue weighted by atomic mass is 16.5. The molecule has 0 aromatic heterocycles. The first-order valence-corrected chi connectivity index (χ1v) is 4.51. The molecule has 0 aliphatic carbocycles.